The number of rotatable bonds is 3. The summed E-state index contributed by atoms with van der Waals surface area (Å²) in [6, 6.07) is 9.44. The molecule has 20 heavy (non-hydrogen) atoms. The van der Waals surface area contributed by atoms with Crippen molar-refractivity contribution in [3.05, 3.63) is 30.3 Å². The van der Waals surface area contributed by atoms with E-state index >= 15 is 0 Å². The van der Waals surface area contributed by atoms with Gasteiger partial charge in [-0.2, -0.15) is 0 Å². The van der Waals surface area contributed by atoms with E-state index in [2.05, 4.69) is 5.32 Å². The van der Waals surface area contributed by atoms with Crippen molar-refractivity contribution >= 4 is 17.5 Å². The van der Waals surface area contributed by atoms with Gasteiger partial charge in [0.15, 0.2) is 0 Å². The van der Waals surface area contributed by atoms with Crippen molar-refractivity contribution in [1.29, 1.82) is 0 Å². The van der Waals surface area contributed by atoms with Gasteiger partial charge in [0.1, 0.15) is 6.04 Å². The van der Waals surface area contributed by atoms with Gasteiger partial charge in [-0.1, -0.05) is 31.0 Å². The Morgan fingerprint density at radius 3 is 2.50 bits per heavy atom. The van der Waals surface area contributed by atoms with Crippen LogP contribution in [0.5, 0.6) is 0 Å². The Morgan fingerprint density at radius 2 is 1.80 bits per heavy atom. The molecule has 1 atom stereocenters. The quantitative estimate of drug-likeness (QED) is 0.917. The van der Waals surface area contributed by atoms with Crippen LogP contribution in [0.3, 0.4) is 0 Å². The maximum atomic E-state index is 12.4. The molecular weight excluding hydrogens is 252 g/mol. The summed E-state index contributed by atoms with van der Waals surface area (Å²) in [5.74, 6) is 0.0503. The van der Waals surface area contributed by atoms with Gasteiger partial charge in [-0.25, -0.2) is 0 Å². The van der Waals surface area contributed by atoms with Gasteiger partial charge in [0.2, 0.25) is 11.8 Å². The zero-order chi connectivity index (χ0) is 13.9. The summed E-state index contributed by atoms with van der Waals surface area (Å²) in [5, 5.41) is 3.11. The number of hydrogen-bond donors (Lipinski definition) is 1. The largest absolute Gasteiger partial charge is 0.352 e. The van der Waals surface area contributed by atoms with Gasteiger partial charge in [-0.3, -0.25) is 14.5 Å². The van der Waals surface area contributed by atoms with E-state index in [4.69, 9.17) is 0 Å². The first-order valence-electron chi connectivity index (χ1n) is 7.43. The van der Waals surface area contributed by atoms with Crippen molar-refractivity contribution in [1.82, 2.24) is 5.32 Å². The number of carbonyl (C=O) groups excluding carboxylic acids is 2. The normalized spacial score (nSPS) is 23.3. The highest BCUT2D eigenvalue weighted by molar-refractivity contribution is 6.03. The lowest BCUT2D eigenvalue weighted by Gasteiger charge is -2.25. The Bertz CT molecular complexity index is 494. The number of anilines is 1. The molecule has 4 heteroatoms. The zero-order valence-corrected chi connectivity index (χ0v) is 11.5. The van der Waals surface area contributed by atoms with Gasteiger partial charge in [0, 0.05) is 18.2 Å². The number of carbonyl (C=O) groups is 2. The zero-order valence-electron chi connectivity index (χ0n) is 11.5. The second-order valence-electron chi connectivity index (χ2n) is 5.64. The van der Waals surface area contributed by atoms with Gasteiger partial charge in [0.05, 0.1) is 0 Å². The first-order chi connectivity index (χ1) is 9.75. The standard InChI is InChI=1S/C16H20N2O2/c19-15-11-10-14(16(20)17-12-6-4-5-7-12)18(15)13-8-2-1-3-9-13/h1-3,8-9,12,14H,4-7,10-11H2,(H,17,20). The molecule has 0 radical (unpaired) electrons. The van der Waals surface area contributed by atoms with Gasteiger partial charge in [-0.15, -0.1) is 0 Å². The van der Waals surface area contributed by atoms with Crippen LogP contribution in [0.15, 0.2) is 30.3 Å². The molecule has 1 unspecified atom stereocenters. The molecule has 2 fully saturated rings. The molecule has 0 aromatic heterocycles. The fraction of sp³-hybridized carbons (Fsp3) is 0.500. The third kappa shape index (κ3) is 2.55. The molecule has 0 bridgehead atoms. The topological polar surface area (TPSA) is 49.4 Å². The Morgan fingerprint density at radius 1 is 1.10 bits per heavy atom. The SMILES string of the molecule is O=C(NC1CCCC1)C1CCC(=O)N1c1ccccc1. The molecule has 1 heterocycles. The van der Waals surface area contributed by atoms with Gasteiger partial charge < -0.3 is 5.32 Å². The van der Waals surface area contributed by atoms with Crippen LogP contribution < -0.4 is 10.2 Å². The minimum absolute atomic E-state index is 0.00611. The Hall–Kier alpha value is -1.84. The third-order valence-electron chi connectivity index (χ3n) is 4.25. The molecule has 3 rings (SSSR count). The molecule has 1 aliphatic heterocycles. The molecular formula is C16H20N2O2. The molecule has 2 aliphatic rings. The highest BCUT2D eigenvalue weighted by Gasteiger charge is 2.37. The summed E-state index contributed by atoms with van der Waals surface area (Å²) in [6.45, 7) is 0. The Kier molecular flexibility index (Phi) is 3.72. The van der Waals surface area contributed by atoms with E-state index in [1.807, 2.05) is 30.3 Å². The molecule has 4 nitrogen and oxygen atoms in total. The van der Waals surface area contributed by atoms with Gasteiger partial charge in [0.25, 0.3) is 0 Å². The lowest BCUT2D eigenvalue weighted by Crippen LogP contribution is -2.47. The van der Waals surface area contributed by atoms with Crippen molar-refractivity contribution in [2.45, 2.75) is 50.6 Å². The van der Waals surface area contributed by atoms with Crippen LogP contribution in [0.4, 0.5) is 5.69 Å². The number of nitrogens with zero attached hydrogens (tertiary/aromatic N) is 1. The summed E-state index contributed by atoms with van der Waals surface area (Å²) >= 11 is 0. The van der Waals surface area contributed by atoms with Crippen LogP contribution >= 0.6 is 0 Å². The lowest BCUT2D eigenvalue weighted by atomic mass is 10.1. The van der Waals surface area contributed by atoms with E-state index in [1.54, 1.807) is 4.90 Å². The smallest absolute Gasteiger partial charge is 0.243 e. The summed E-state index contributed by atoms with van der Waals surface area (Å²) < 4.78 is 0. The molecule has 1 aromatic rings. The van der Waals surface area contributed by atoms with E-state index in [0.717, 1.165) is 18.5 Å². The predicted octanol–water partition coefficient (Wildman–Crippen LogP) is 2.24. The third-order valence-corrected chi connectivity index (χ3v) is 4.25. The van der Waals surface area contributed by atoms with E-state index in [0.29, 0.717) is 18.9 Å². The summed E-state index contributed by atoms with van der Waals surface area (Å²) in [7, 11) is 0. The maximum absolute atomic E-state index is 12.4. The second-order valence-corrected chi connectivity index (χ2v) is 5.64. The van der Waals surface area contributed by atoms with Crippen LogP contribution in [-0.4, -0.2) is 23.9 Å². The summed E-state index contributed by atoms with van der Waals surface area (Å²) in [6.07, 6.45) is 5.59. The average molecular weight is 272 g/mol. The van der Waals surface area contributed by atoms with E-state index in [1.165, 1.54) is 12.8 Å². The Balaban J connectivity index is 1.74. The number of hydrogen-bond acceptors (Lipinski definition) is 2. The summed E-state index contributed by atoms with van der Waals surface area (Å²) in [4.78, 5) is 26.2. The van der Waals surface area contributed by atoms with Gasteiger partial charge in [-0.05, 0) is 31.4 Å². The highest BCUT2D eigenvalue weighted by Crippen LogP contribution is 2.27. The first kappa shape index (κ1) is 13.2. The second kappa shape index (κ2) is 5.65. The number of benzene rings is 1. The monoisotopic (exact) mass is 272 g/mol. The number of amides is 2. The van der Waals surface area contributed by atoms with Crippen molar-refractivity contribution < 1.29 is 9.59 Å². The molecule has 106 valence electrons. The van der Waals surface area contributed by atoms with E-state index in [-0.39, 0.29) is 17.9 Å². The minimum atomic E-state index is -0.342. The van der Waals surface area contributed by atoms with Crippen molar-refractivity contribution in [2.75, 3.05) is 4.90 Å². The van der Waals surface area contributed by atoms with Crippen molar-refractivity contribution in [2.24, 2.45) is 0 Å². The average Bonchev–Trinajstić information content (AvgIpc) is 3.09. The molecule has 0 spiro atoms. The first-order valence-corrected chi connectivity index (χ1v) is 7.43. The molecule has 1 saturated carbocycles. The van der Waals surface area contributed by atoms with Crippen LogP contribution in [0.1, 0.15) is 38.5 Å². The molecule has 1 saturated heterocycles. The maximum Gasteiger partial charge on any atom is 0.243 e. The van der Waals surface area contributed by atoms with Gasteiger partial charge >= 0.3 is 0 Å². The van der Waals surface area contributed by atoms with Crippen LogP contribution in [0.2, 0.25) is 0 Å². The fourth-order valence-electron chi connectivity index (χ4n) is 3.21. The van der Waals surface area contributed by atoms with Crippen LogP contribution in [0.25, 0.3) is 0 Å². The van der Waals surface area contributed by atoms with Crippen LogP contribution in [0, 0.1) is 0 Å². The highest BCUT2D eigenvalue weighted by atomic mass is 16.2. The van der Waals surface area contributed by atoms with Crippen LogP contribution in [-0.2, 0) is 9.59 Å². The summed E-state index contributed by atoms with van der Waals surface area (Å²) in [5.41, 5.74) is 0.821. The van der Waals surface area contributed by atoms with E-state index in [9.17, 15) is 9.59 Å². The van der Waals surface area contributed by atoms with E-state index < -0.39 is 0 Å². The van der Waals surface area contributed by atoms with Crippen molar-refractivity contribution in [3.63, 3.8) is 0 Å². The molecule has 2 amide bonds. The minimum Gasteiger partial charge on any atom is -0.352 e. The molecule has 1 aliphatic carbocycles. The molecule has 1 aromatic carbocycles. The Labute approximate surface area is 119 Å². The fourth-order valence-corrected chi connectivity index (χ4v) is 3.21. The lowest BCUT2D eigenvalue weighted by molar-refractivity contribution is -0.124. The predicted molar refractivity (Wildman–Crippen MR) is 77.3 cm³/mol. The number of para-hydroxylation sites is 1. The van der Waals surface area contributed by atoms with Crippen molar-refractivity contribution in [3.8, 4) is 0 Å². The number of nitrogens with one attached hydrogen (secondary N) is 1. The molecule has 1 N–H and O–H groups in total.